The highest BCUT2D eigenvalue weighted by Crippen LogP contribution is 2.41. The summed E-state index contributed by atoms with van der Waals surface area (Å²) in [6.07, 6.45) is -3.87. The Morgan fingerprint density at radius 3 is 1.39 bits per heavy atom. The van der Waals surface area contributed by atoms with E-state index >= 15 is 0 Å². The van der Waals surface area contributed by atoms with Gasteiger partial charge in [0.05, 0.1) is 19.8 Å². The first kappa shape index (κ1) is 31.8. The molecule has 6 heteroatoms. The number of ether oxygens (including phenoxy) is 5. The average molecular weight is 617 g/mol. The SMILES string of the molecule is CO[C@H](COC(c1ccccc1)(c1ccccc1)c1ccccc1)[C@@H]1O[C@H](O)[C@H](OCc2ccccc2)[C@H]1OCc1ccccc1. The molecule has 0 bridgehead atoms. The zero-order chi connectivity index (χ0) is 31.6. The van der Waals surface area contributed by atoms with E-state index in [1.54, 1.807) is 7.11 Å². The Morgan fingerprint density at radius 1 is 0.587 bits per heavy atom. The van der Waals surface area contributed by atoms with Gasteiger partial charge in [-0.05, 0) is 27.8 Å². The van der Waals surface area contributed by atoms with Gasteiger partial charge in [0.1, 0.15) is 30.0 Å². The number of aliphatic hydroxyl groups is 1. The molecule has 0 radical (unpaired) electrons. The summed E-state index contributed by atoms with van der Waals surface area (Å²) in [5.41, 5.74) is 4.00. The summed E-state index contributed by atoms with van der Waals surface area (Å²) in [5.74, 6) is 0. The average Bonchev–Trinajstić information content (AvgIpc) is 3.44. The Hall–Kier alpha value is -4.14. The van der Waals surface area contributed by atoms with Crippen molar-refractivity contribution in [1.82, 2.24) is 0 Å². The molecule has 1 heterocycles. The molecule has 1 saturated heterocycles. The van der Waals surface area contributed by atoms with E-state index in [1.807, 2.05) is 115 Å². The minimum atomic E-state index is -1.21. The minimum absolute atomic E-state index is 0.142. The maximum atomic E-state index is 11.2. The Balaban J connectivity index is 1.31. The molecule has 6 rings (SSSR count). The highest BCUT2D eigenvalue weighted by molar-refractivity contribution is 5.47. The number of hydrogen-bond donors (Lipinski definition) is 1. The molecular weight excluding hydrogens is 576 g/mol. The first-order valence-electron chi connectivity index (χ1n) is 15.7. The summed E-state index contributed by atoms with van der Waals surface area (Å²) in [4.78, 5) is 0. The lowest BCUT2D eigenvalue weighted by Gasteiger charge is -2.38. The fraction of sp³-hybridized carbons (Fsp3) is 0.250. The second-order valence-electron chi connectivity index (χ2n) is 11.4. The summed E-state index contributed by atoms with van der Waals surface area (Å²) in [5, 5.41) is 11.2. The molecule has 5 atom stereocenters. The molecule has 1 fully saturated rings. The Bertz CT molecular complexity index is 1490. The summed E-state index contributed by atoms with van der Waals surface area (Å²) in [6, 6.07) is 50.4. The highest BCUT2D eigenvalue weighted by Gasteiger charge is 2.50. The van der Waals surface area contributed by atoms with Gasteiger partial charge in [-0.25, -0.2) is 0 Å². The van der Waals surface area contributed by atoms with Crippen LogP contribution in [0.5, 0.6) is 0 Å². The molecule has 46 heavy (non-hydrogen) atoms. The van der Waals surface area contributed by atoms with Gasteiger partial charge in [-0.3, -0.25) is 0 Å². The predicted molar refractivity (Wildman–Crippen MR) is 177 cm³/mol. The molecule has 6 nitrogen and oxygen atoms in total. The summed E-state index contributed by atoms with van der Waals surface area (Å²) < 4.78 is 32.1. The lowest BCUT2D eigenvalue weighted by Crippen LogP contribution is -2.46. The second kappa shape index (κ2) is 15.4. The second-order valence-corrected chi connectivity index (χ2v) is 11.4. The van der Waals surface area contributed by atoms with Crippen LogP contribution in [0.2, 0.25) is 0 Å². The lowest BCUT2D eigenvalue weighted by molar-refractivity contribution is -0.172. The fourth-order valence-corrected chi connectivity index (χ4v) is 6.14. The first-order chi connectivity index (χ1) is 22.7. The van der Waals surface area contributed by atoms with E-state index in [0.717, 1.165) is 27.8 Å². The van der Waals surface area contributed by atoms with Gasteiger partial charge in [0, 0.05) is 7.11 Å². The Morgan fingerprint density at radius 2 is 0.978 bits per heavy atom. The van der Waals surface area contributed by atoms with Crippen LogP contribution in [-0.2, 0) is 42.5 Å². The van der Waals surface area contributed by atoms with Crippen LogP contribution in [0.25, 0.3) is 0 Å². The number of benzene rings is 5. The molecule has 0 aliphatic carbocycles. The van der Waals surface area contributed by atoms with E-state index in [9.17, 15) is 5.11 Å². The first-order valence-corrected chi connectivity index (χ1v) is 15.7. The van der Waals surface area contributed by atoms with Gasteiger partial charge < -0.3 is 28.8 Å². The number of aliphatic hydroxyl groups excluding tert-OH is 1. The van der Waals surface area contributed by atoms with Crippen LogP contribution in [0.1, 0.15) is 27.8 Å². The van der Waals surface area contributed by atoms with E-state index in [2.05, 4.69) is 36.4 Å². The largest absolute Gasteiger partial charge is 0.376 e. The quantitative estimate of drug-likeness (QED) is 0.137. The van der Waals surface area contributed by atoms with Crippen molar-refractivity contribution in [2.24, 2.45) is 0 Å². The zero-order valence-corrected chi connectivity index (χ0v) is 25.9. The van der Waals surface area contributed by atoms with E-state index in [1.165, 1.54) is 0 Å². The van der Waals surface area contributed by atoms with Crippen LogP contribution in [-0.4, -0.2) is 49.5 Å². The normalized spacial score (nSPS) is 20.4. The Labute approximate surface area is 271 Å². The Kier molecular flexibility index (Phi) is 10.7. The van der Waals surface area contributed by atoms with Crippen LogP contribution in [0.4, 0.5) is 0 Å². The van der Waals surface area contributed by atoms with E-state index in [4.69, 9.17) is 23.7 Å². The van der Waals surface area contributed by atoms with Crippen molar-refractivity contribution in [1.29, 1.82) is 0 Å². The topological polar surface area (TPSA) is 66.4 Å². The van der Waals surface area contributed by atoms with Crippen molar-refractivity contribution in [2.75, 3.05) is 13.7 Å². The van der Waals surface area contributed by atoms with Gasteiger partial charge in [-0.2, -0.15) is 0 Å². The van der Waals surface area contributed by atoms with Crippen molar-refractivity contribution >= 4 is 0 Å². The number of methoxy groups -OCH3 is 1. The molecule has 236 valence electrons. The highest BCUT2D eigenvalue weighted by atomic mass is 16.7. The van der Waals surface area contributed by atoms with Crippen molar-refractivity contribution in [2.45, 2.75) is 49.5 Å². The van der Waals surface area contributed by atoms with Gasteiger partial charge in [0.2, 0.25) is 0 Å². The van der Waals surface area contributed by atoms with Crippen molar-refractivity contribution in [3.05, 3.63) is 179 Å². The molecule has 1 aliphatic heterocycles. The van der Waals surface area contributed by atoms with Crippen LogP contribution >= 0.6 is 0 Å². The molecule has 0 unspecified atom stereocenters. The van der Waals surface area contributed by atoms with Crippen LogP contribution in [0, 0.1) is 0 Å². The monoisotopic (exact) mass is 616 g/mol. The van der Waals surface area contributed by atoms with Gasteiger partial charge in [0.25, 0.3) is 0 Å². The van der Waals surface area contributed by atoms with E-state index < -0.39 is 36.3 Å². The van der Waals surface area contributed by atoms with Gasteiger partial charge in [0.15, 0.2) is 6.29 Å². The third-order valence-corrected chi connectivity index (χ3v) is 8.47. The minimum Gasteiger partial charge on any atom is -0.376 e. The molecule has 0 spiro atoms. The van der Waals surface area contributed by atoms with Crippen molar-refractivity contribution in [3.8, 4) is 0 Å². The number of hydrogen-bond acceptors (Lipinski definition) is 6. The van der Waals surface area contributed by atoms with Crippen molar-refractivity contribution < 1.29 is 28.8 Å². The summed E-state index contributed by atoms with van der Waals surface area (Å²) in [7, 11) is 1.63. The van der Waals surface area contributed by atoms with E-state index in [0.29, 0.717) is 13.2 Å². The van der Waals surface area contributed by atoms with Crippen LogP contribution < -0.4 is 0 Å². The van der Waals surface area contributed by atoms with Gasteiger partial charge >= 0.3 is 0 Å². The molecule has 0 saturated carbocycles. The molecule has 0 amide bonds. The van der Waals surface area contributed by atoms with Crippen molar-refractivity contribution in [3.63, 3.8) is 0 Å². The molecule has 1 N–H and O–H groups in total. The molecular formula is C40H40O6. The van der Waals surface area contributed by atoms with Crippen LogP contribution in [0.3, 0.4) is 0 Å². The zero-order valence-electron chi connectivity index (χ0n) is 25.9. The predicted octanol–water partition coefficient (Wildman–Crippen LogP) is 6.90. The third-order valence-electron chi connectivity index (χ3n) is 8.47. The summed E-state index contributed by atoms with van der Waals surface area (Å²) >= 11 is 0. The lowest BCUT2D eigenvalue weighted by atomic mass is 9.80. The smallest absolute Gasteiger partial charge is 0.184 e. The third kappa shape index (κ3) is 7.13. The fourth-order valence-electron chi connectivity index (χ4n) is 6.14. The number of rotatable bonds is 14. The van der Waals surface area contributed by atoms with Gasteiger partial charge in [-0.1, -0.05) is 152 Å². The maximum Gasteiger partial charge on any atom is 0.184 e. The maximum absolute atomic E-state index is 11.2. The summed E-state index contributed by atoms with van der Waals surface area (Å²) in [6.45, 7) is 0.767. The van der Waals surface area contributed by atoms with Crippen LogP contribution in [0.15, 0.2) is 152 Å². The molecule has 0 aromatic heterocycles. The van der Waals surface area contributed by atoms with Gasteiger partial charge in [-0.15, -0.1) is 0 Å². The standard InChI is InChI=1S/C40H40O6/c1-42-35(29-45-40(32-21-11-4-12-22-32,33-23-13-5-14-24-33)34-25-15-6-16-26-34)36-37(43-27-30-17-7-2-8-18-30)38(39(41)46-36)44-28-31-19-9-3-10-20-31/h2-26,35-39,41H,27-29H2,1H3/t35-,36+,37+,38-,39+/m1/s1. The molecule has 5 aromatic rings. The molecule has 5 aromatic carbocycles. The van der Waals surface area contributed by atoms with E-state index in [-0.39, 0.29) is 6.61 Å². The molecule has 1 aliphatic rings.